The van der Waals surface area contributed by atoms with Crippen molar-refractivity contribution in [1.29, 1.82) is 0 Å². The fraction of sp³-hybridized carbons (Fsp3) is 0.570. The Balaban J connectivity index is 1.59. The van der Waals surface area contributed by atoms with Crippen molar-refractivity contribution in [3.63, 3.8) is 0 Å². The lowest BCUT2D eigenvalue weighted by atomic mass is 9.89. The Morgan fingerprint density at radius 2 is 0.363 bits per heavy atom. The van der Waals surface area contributed by atoms with Crippen LogP contribution in [0.5, 0.6) is 34.5 Å². The largest absolute Gasteiger partial charge is 0.491 e. The van der Waals surface area contributed by atoms with Crippen molar-refractivity contribution < 1.29 is 28.4 Å². The van der Waals surface area contributed by atoms with E-state index in [0.717, 1.165) is 140 Å². The van der Waals surface area contributed by atoms with Crippen LogP contribution in [0.2, 0.25) is 0 Å². The molecule has 6 aromatic carbocycles. The molecule has 6 aromatic rings. The van der Waals surface area contributed by atoms with Gasteiger partial charge in [-0.05, 0) is 227 Å². The van der Waals surface area contributed by atoms with Gasteiger partial charge in [-0.2, -0.15) is 0 Å². The molecule has 0 bridgehead atoms. The number of unbranched alkanes of at least 4 members (excludes halogenated alkanes) is 33. The zero-order valence-corrected chi connectivity index (χ0v) is 72.7. The Labute approximate surface area is 690 Å². The third-order valence-electron chi connectivity index (χ3n) is 21.4. The van der Waals surface area contributed by atoms with Crippen molar-refractivity contribution in [1.82, 2.24) is 0 Å². The van der Waals surface area contributed by atoms with E-state index >= 15 is 0 Å². The average Bonchev–Trinajstić information content (AvgIpc) is 0.762. The summed E-state index contributed by atoms with van der Waals surface area (Å²) in [5.41, 5.74) is 7.16. The second-order valence-corrected chi connectivity index (χ2v) is 32.2. The summed E-state index contributed by atoms with van der Waals surface area (Å²) in [5, 5.41) is 0. The van der Waals surface area contributed by atoms with Crippen molar-refractivity contribution in [3.05, 3.63) is 177 Å². The molecule has 0 aliphatic heterocycles. The molecule has 0 saturated heterocycles. The van der Waals surface area contributed by atoms with Gasteiger partial charge in [-0.15, -0.1) is 0 Å². The quantitative estimate of drug-likeness (QED) is 0.0280. The molecule has 0 N–H and O–H groups in total. The van der Waals surface area contributed by atoms with Crippen molar-refractivity contribution in [2.45, 2.75) is 389 Å². The molecule has 0 fully saturated rings. The summed E-state index contributed by atoms with van der Waals surface area (Å²) in [7, 11) is 0. The maximum Gasteiger partial charge on any atom is 0.153 e. The first kappa shape index (κ1) is 93.8. The third-order valence-corrected chi connectivity index (χ3v) is 21.4. The van der Waals surface area contributed by atoms with Crippen molar-refractivity contribution in [2.75, 3.05) is 6.61 Å². The van der Waals surface area contributed by atoms with Crippen LogP contribution in [0.4, 0.5) is 0 Å². The number of hydrogen-bond acceptors (Lipinski definition) is 6. The van der Waals surface area contributed by atoms with Gasteiger partial charge in [-0.1, -0.05) is 313 Å². The second-order valence-electron chi connectivity index (χ2n) is 32.2. The van der Waals surface area contributed by atoms with Crippen LogP contribution >= 0.6 is 0 Å². The predicted octanol–water partition coefficient (Wildman–Crippen LogP) is 30.2. The lowest BCUT2D eigenvalue weighted by Crippen LogP contribution is -2.11. The molecule has 612 valence electrons. The minimum absolute atomic E-state index is 0.0922. The van der Waals surface area contributed by atoms with E-state index in [-0.39, 0.29) is 30.5 Å². The Bertz CT molecular complexity index is 3630. The Morgan fingerprint density at radius 3 is 0.566 bits per heavy atom. The van der Waals surface area contributed by atoms with E-state index in [1.807, 2.05) is 60.7 Å². The maximum absolute atomic E-state index is 7.40. The van der Waals surface area contributed by atoms with Crippen LogP contribution in [0, 0.1) is 59.2 Å². The highest BCUT2D eigenvalue weighted by atomic mass is 16.5. The first-order valence-corrected chi connectivity index (χ1v) is 45.7. The van der Waals surface area contributed by atoms with E-state index in [0.29, 0.717) is 40.2 Å². The van der Waals surface area contributed by atoms with Crippen LogP contribution in [-0.2, 0) is 0 Å². The molecule has 0 aliphatic rings. The molecule has 6 nitrogen and oxygen atoms in total. The topological polar surface area (TPSA) is 55.4 Å². The maximum atomic E-state index is 7.40. The number of rotatable bonds is 56. The summed E-state index contributed by atoms with van der Waals surface area (Å²) in [4.78, 5) is 0. The summed E-state index contributed by atoms with van der Waals surface area (Å²) >= 11 is 0. The van der Waals surface area contributed by atoms with Crippen LogP contribution < -0.4 is 28.4 Å². The van der Waals surface area contributed by atoms with Gasteiger partial charge in [-0.3, -0.25) is 0 Å². The van der Waals surface area contributed by atoms with Crippen molar-refractivity contribution in [2.24, 2.45) is 0 Å². The highest BCUT2D eigenvalue weighted by molar-refractivity contribution is 5.78. The predicted molar refractivity (Wildman–Crippen MR) is 482 cm³/mol. The fourth-order valence-electron chi connectivity index (χ4n) is 14.3. The summed E-state index contributed by atoms with van der Waals surface area (Å²) in [6.07, 6.45) is 54.0. The molecule has 0 radical (unpaired) electrons. The Morgan fingerprint density at radius 1 is 0.195 bits per heavy atom. The SMILES string of the molecule is CCCCCCCCCCCCCCCCOc1c(C#Cc2ccc(O[C@@H](C)CCCCCCC)cc2)c(C#Cc2ccc(O[C@@H](C)CCCCCCC)cc2)c(C#Cc2ccc(O[C@@H](C)CCCCCCC)cc2)c(C#Cc2ccc(O[C@@H](C)CCCCCCC)cc2)c1C#Cc1ccc(O[C@@H](C)CCCCCCC)cc1. The second kappa shape index (κ2) is 59.6. The molecule has 0 spiro atoms. The van der Waals surface area contributed by atoms with E-state index in [1.165, 1.54) is 199 Å². The van der Waals surface area contributed by atoms with Gasteiger partial charge in [0.2, 0.25) is 0 Å². The monoisotopic (exact) mass is 1530 g/mol. The van der Waals surface area contributed by atoms with Gasteiger partial charge in [0.1, 0.15) is 28.7 Å². The smallest absolute Gasteiger partial charge is 0.153 e. The molecule has 6 rings (SSSR count). The van der Waals surface area contributed by atoms with Gasteiger partial charge in [-0.25, -0.2) is 0 Å². The van der Waals surface area contributed by atoms with E-state index in [9.17, 15) is 0 Å². The summed E-state index contributed by atoms with van der Waals surface area (Å²) < 4.78 is 40.1. The van der Waals surface area contributed by atoms with Gasteiger partial charge < -0.3 is 28.4 Å². The highest BCUT2D eigenvalue weighted by Crippen LogP contribution is 2.35. The van der Waals surface area contributed by atoms with E-state index in [4.69, 9.17) is 28.4 Å². The Kier molecular flexibility index (Phi) is 49.4. The molecule has 0 aromatic heterocycles. The van der Waals surface area contributed by atoms with Crippen molar-refractivity contribution in [3.8, 4) is 93.7 Å². The third kappa shape index (κ3) is 40.7. The van der Waals surface area contributed by atoms with E-state index in [1.54, 1.807) is 0 Å². The van der Waals surface area contributed by atoms with Crippen molar-refractivity contribution >= 4 is 0 Å². The summed E-state index contributed by atoms with van der Waals surface area (Å²) in [5.74, 6) is 41.7. The molecule has 0 aliphatic carbocycles. The lowest BCUT2D eigenvalue weighted by Gasteiger charge is -2.17. The summed E-state index contributed by atoms with van der Waals surface area (Å²) in [6, 6.07) is 41.0. The minimum Gasteiger partial charge on any atom is -0.491 e. The molecule has 113 heavy (non-hydrogen) atoms. The molecule has 5 atom stereocenters. The van der Waals surface area contributed by atoms with Gasteiger partial charge in [0.05, 0.1) is 64.9 Å². The molecule has 0 heterocycles. The van der Waals surface area contributed by atoms with Crippen LogP contribution in [0.3, 0.4) is 0 Å². The van der Waals surface area contributed by atoms with Crippen LogP contribution in [0.1, 0.15) is 414 Å². The average molecular weight is 1530 g/mol. The molecular formula is C107H148O6. The first-order valence-electron chi connectivity index (χ1n) is 45.7. The van der Waals surface area contributed by atoms with Crippen LogP contribution in [0.25, 0.3) is 0 Å². The van der Waals surface area contributed by atoms with Crippen LogP contribution in [0.15, 0.2) is 121 Å². The molecular weight excluding hydrogens is 1380 g/mol. The standard InChI is InChI=1S/C107H148O6/c1-12-18-24-30-31-32-33-34-35-36-37-38-44-50-86-108-107-105(84-69-95-62-77-100(78-63-95)112-90(10)54-48-42-28-22-16-5)103(82-67-93-58-73-98(74-59-93)110-88(8)52-46-40-26-20-14-3)102(81-66-92-56-71-97(72-57-92)109-87(7)51-45-39-25-19-13-2)104(83-68-94-60-75-99(76-61-94)111-89(9)53-47-41-27-21-15-4)106(107)85-70-96-64-79-101(80-65-96)113-91(11)55-49-43-29-23-17-6/h56-65,71-80,87-91H,12-55,86H2,1-11H3/t87-,88-,89-,90-,91-/m0/s1. The number of ether oxygens (including phenoxy) is 6. The van der Waals surface area contributed by atoms with Gasteiger partial charge in [0.15, 0.2) is 5.75 Å². The van der Waals surface area contributed by atoms with Gasteiger partial charge in [0.25, 0.3) is 0 Å². The minimum atomic E-state index is 0.0922. The molecule has 0 saturated carbocycles. The van der Waals surface area contributed by atoms with E-state index in [2.05, 4.69) is 196 Å². The highest BCUT2D eigenvalue weighted by Gasteiger charge is 2.23. The fourth-order valence-corrected chi connectivity index (χ4v) is 14.3. The lowest BCUT2D eigenvalue weighted by molar-refractivity contribution is 0.206. The number of hydrogen-bond donors (Lipinski definition) is 0. The molecule has 0 amide bonds. The van der Waals surface area contributed by atoms with Gasteiger partial charge in [0, 0.05) is 27.8 Å². The van der Waals surface area contributed by atoms with Crippen LogP contribution in [-0.4, -0.2) is 37.1 Å². The summed E-state index contributed by atoms with van der Waals surface area (Å²) in [6.45, 7) is 25.0. The zero-order chi connectivity index (χ0) is 80.4. The Hall–Kier alpha value is -8.08. The zero-order valence-electron chi connectivity index (χ0n) is 72.7. The van der Waals surface area contributed by atoms with E-state index < -0.39 is 0 Å². The van der Waals surface area contributed by atoms with Gasteiger partial charge >= 0.3 is 0 Å². The first-order chi connectivity index (χ1) is 55.4. The molecule has 0 unspecified atom stereocenters. The molecule has 6 heteroatoms. The number of benzene rings is 6. The normalized spacial score (nSPS) is 12.2.